The number of nitrogens with one attached hydrogen (secondary N) is 3. The van der Waals surface area contributed by atoms with Gasteiger partial charge in [0.2, 0.25) is 23.6 Å². The molecule has 51 heavy (non-hydrogen) atoms. The first-order valence-electron chi connectivity index (χ1n) is 18.7. The summed E-state index contributed by atoms with van der Waals surface area (Å²) in [6.45, 7) is 15.9. The van der Waals surface area contributed by atoms with Crippen LogP contribution < -0.4 is 16.0 Å². The largest absolute Gasteiger partial charge is 0.386 e. The molecule has 4 amide bonds. The van der Waals surface area contributed by atoms with Crippen LogP contribution in [-0.4, -0.2) is 116 Å². The Balaban J connectivity index is 2.24. The Kier molecular flexibility index (Phi) is 18.0. The van der Waals surface area contributed by atoms with E-state index < -0.39 is 48.4 Å². The molecule has 0 radical (unpaired) electrons. The van der Waals surface area contributed by atoms with Crippen LogP contribution in [0.3, 0.4) is 0 Å². The van der Waals surface area contributed by atoms with Crippen molar-refractivity contribution >= 4 is 23.6 Å². The molecule has 12 nitrogen and oxygen atoms in total. The number of methoxy groups -OCH3 is 2. The molecule has 1 aromatic rings. The minimum atomic E-state index is -0.875. The van der Waals surface area contributed by atoms with Gasteiger partial charge in [0, 0.05) is 27.8 Å². The Morgan fingerprint density at radius 1 is 0.922 bits per heavy atom. The number of carbonyl (C=O) groups excluding carboxylic acids is 4. The highest BCUT2D eigenvalue weighted by molar-refractivity contribution is 5.90. The van der Waals surface area contributed by atoms with Crippen LogP contribution in [-0.2, 0) is 28.7 Å². The lowest BCUT2D eigenvalue weighted by atomic mass is 9.89. The molecule has 0 bridgehead atoms. The third-order valence-electron chi connectivity index (χ3n) is 10.7. The molecule has 12 heteroatoms. The summed E-state index contributed by atoms with van der Waals surface area (Å²) in [5, 5.41) is 19.8. The second-order valence-corrected chi connectivity index (χ2v) is 15.0. The number of hydrogen-bond acceptors (Lipinski definition) is 8. The van der Waals surface area contributed by atoms with E-state index in [1.165, 1.54) is 0 Å². The fourth-order valence-electron chi connectivity index (χ4n) is 7.42. The van der Waals surface area contributed by atoms with E-state index in [9.17, 15) is 24.3 Å². The molecule has 1 fully saturated rings. The molecule has 0 aliphatic carbocycles. The molecule has 10 atom stereocenters. The summed E-state index contributed by atoms with van der Waals surface area (Å²) in [7, 11) is 6.57. The second-order valence-electron chi connectivity index (χ2n) is 15.0. The van der Waals surface area contributed by atoms with E-state index in [4.69, 9.17) is 9.47 Å². The van der Waals surface area contributed by atoms with E-state index in [0.29, 0.717) is 18.5 Å². The quantitative estimate of drug-likeness (QED) is 0.160. The molecule has 4 N–H and O–H groups in total. The summed E-state index contributed by atoms with van der Waals surface area (Å²) < 4.78 is 11.9. The SMILES string of the molecule is CC[C@H](C)C(C(CC(=O)N1CCC[C@H]1C(OC)[C@@H](C)C(=O)N[C@H](C)[C@@H](O)c1ccccc1)OC)N(C)C(=O)[C@@H](NC(=O)[C@@H](NC)C(C)C)C(C)C. The highest BCUT2D eigenvalue weighted by Crippen LogP contribution is 2.30. The number of carbonyl (C=O) groups is 4. The van der Waals surface area contributed by atoms with Crippen molar-refractivity contribution in [1.29, 1.82) is 0 Å². The lowest BCUT2D eigenvalue weighted by Gasteiger charge is -2.41. The lowest BCUT2D eigenvalue weighted by molar-refractivity contribution is -0.148. The molecule has 290 valence electrons. The molecule has 1 aliphatic rings. The number of hydrogen-bond donors (Lipinski definition) is 4. The normalized spacial score (nSPS) is 20.1. The first-order chi connectivity index (χ1) is 24.0. The van der Waals surface area contributed by atoms with Gasteiger partial charge in [0.15, 0.2) is 0 Å². The Morgan fingerprint density at radius 3 is 2.04 bits per heavy atom. The summed E-state index contributed by atoms with van der Waals surface area (Å²) in [4.78, 5) is 58.3. The van der Waals surface area contributed by atoms with Gasteiger partial charge < -0.3 is 40.3 Å². The molecule has 0 saturated carbocycles. The molecule has 0 spiro atoms. The van der Waals surface area contributed by atoms with Gasteiger partial charge in [0.1, 0.15) is 6.04 Å². The molecular formula is C39H67N5O7. The van der Waals surface area contributed by atoms with Gasteiger partial charge in [-0.25, -0.2) is 0 Å². The zero-order valence-corrected chi connectivity index (χ0v) is 33.1. The second kappa shape index (κ2) is 20.8. The van der Waals surface area contributed by atoms with Crippen LogP contribution in [0.15, 0.2) is 30.3 Å². The smallest absolute Gasteiger partial charge is 0.245 e. The fourth-order valence-corrected chi connectivity index (χ4v) is 7.42. The predicted octanol–water partition coefficient (Wildman–Crippen LogP) is 3.53. The summed E-state index contributed by atoms with van der Waals surface area (Å²) in [5.41, 5.74) is 0.711. The molecule has 1 heterocycles. The maximum absolute atomic E-state index is 14.1. The molecule has 0 aromatic heterocycles. The Labute approximate surface area is 306 Å². The molecule has 3 unspecified atom stereocenters. The van der Waals surface area contributed by atoms with E-state index in [-0.39, 0.29) is 53.8 Å². The number of aliphatic hydroxyl groups excluding tert-OH is 1. The van der Waals surface area contributed by atoms with Crippen molar-refractivity contribution in [3.8, 4) is 0 Å². The maximum atomic E-state index is 14.1. The van der Waals surface area contributed by atoms with Gasteiger partial charge in [0.25, 0.3) is 0 Å². The predicted molar refractivity (Wildman–Crippen MR) is 200 cm³/mol. The highest BCUT2D eigenvalue weighted by Gasteiger charge is 2.43. The van der Waals surface area contributed by atoms with Gasteiger partial charge in [-0.3, -0.25) is 19.2 Å². The maximum Gasteiger partial charge on any atom is 0.245 e. The van der Waals surface area contributed by atoms with E-state index >= 15 is 0 Å². The van der Waals surface area contributed by atoms with Crippen molar-refractivity contribution < 1.29 is 33.8 Å². The summed E-state index contributed by atoms with van der Waals surface area (Å²) in [6.07, 6.45) is 0.147. The zero-order valence-electron chi connectivity index (χ0n) is 33.1. The number of ether oxygens (including phenoxy) is 2. The molecule has 1 aliphatic heterocycles. The van der Waals surface area contributed by atoms with Crippen LogP contribution in [0.5, 0.6) is 0 Å². The van der Waals surface area contributed by atoms with Gasteiger partial charge in [-0.1, -0.05) is 85.2 Å². The highest BCUT2D eigenvalue weighted by atomic mass is 16.5. The Bertz CT molecular complexity index is 1250. The lowest BCUT2D eigenvalue weighted by Crippen LogP contribution is -2.59. The van der Waals surface area contributed by atoms with E-state index in [1.807, 2.05) is 71.9 Å². The Hall–Kier alpha value is -3.06. The van der Waals surface area contributed by atoms with Crippen LogP contribution in [0.25, 0.3) is 0 Å². The number of aliphatic hydroxyl groups is 1. The topological polar surface area (TPSA) is 150 Å². The monoisotopic (exact) mass is 718 g/mol. The number of nitrogens with zero attached hydrogens (tertiary/aromatic N) is 2. The zero-order chi connectivity index (χ0) is 38.6. The number of amides is 4. The minimum Gasteiger partial charge on any atom is -0.386 e. The van der Waals surface area contributed by atoms with Gasteiger partial charge >= 0.3 is 0 Å². The first kappa shape index (κ1) is 44.1. The Morgan fingerprint density at radius 2 is 1.53 bits per heavy atom. The van der Waals surface area contributed by atoms with Crippen molar-refractivity contribution in [2.75, 3.05) is 34.9 Å². The van der Waals surface area contributed by atoms with Gasteiger partial charge in [-0.2, -0.15) is 0 Å². The number of likely N-dealkylation sites (tertiary alicyclic amines) is 1. The van der Waals surface area contributed by atoms with Crippen molar-refractivity contribution in [1.82, 2.24) is 25.8 Å². The molecule has 2 rings (SSSR count). The standard InChI is InChI=1S/C39H67N5O7/c1-13-25(6)34(43(10)39(49)33(24(4)5)42-38(48)32(40-9)23(2)3)30(50-11)22-31(45)44-21-17-20-29(44)36(51-12)26(7)37(47)41-27(8)35(46)28-18-15-14-16-19-28/h14-16,18-19,23-27,29-30,32-36,40,46H,13,17,20-22H2,1-12H3,(H,41,47)(H,42,48)/t25-,26+,27+,29-,30?,32-,33-,34?,35+,36?/m0/s1. The molecular weight excluding hydrogens is 650 g/mol. The third-order valence-corrected chi connectivity index (χ3v) is 10.7. The van der Waals surface area contributed by atoms with E-state index in [1.54, 1.807) is 52.0 Å². The van der Waals surface area contributed by atoms with Gasteiger partial charge in [-0.15, -0.1) is 0 Å². The van der Waals surface area contributed by atoms with Gasteiger partial charge in [0.05, 0.1) is 54.8 Å². The van der Waals surface area contributed by atoms with E-state index in [2.05, 4.69) is 16.0 Å². The fraction of sp³-hybridized carbons (Fsp3) is 0.744. The van der Waals surface area contributed by atoms with Crippen LogP contribution in [0.1, 0.15) is 92.7 Å². The summed E-state index contributed by atoms with van der Waals surface area (Å²) in [6, 6.07) is 6.67. The third kappa shape index (κ3) is 11.5. The summed E-state index contributed by atoms with van der Waals surface area (Å²) in [5.74, 6) is -1.62. The molecule has 1 aromatic carbocycles. The van der Waals surface area contributed by atoms with Crippen LogP contribution >= 0.6 is 0 Å². The van der Waals surface area contributed by atoms with Crippen molar-refractivity contribution in [2.45, 2.75) is 130 Å². The van der Waals surface area contributed by atoms with Crippen molar-refractivity contribution in [3.63, 3.8) is 0 Å². The van der Waals surface area contributed by atoms with Crippen LogP contribution in [0.2, 0.25) is 0 Å². The average molecular weight is 718 g/mol. The average Bonchev–Trinajstić information content (AvgIpc) is 3.59. The van der Waals surface area contributed by atoms with Crippen molar-refractivity contribution in [2.24, 2.45) is 23.7 Å². The number of rotatable bonds is 20. The first-order valence-corrected chi connectivity index (χ1v) is 18.7. The summed E-state index contributed by atoms with van der Waals surface area (Å²) >= 11 is 0. The number of likely N-dealkylation sites (N-methyl/N-ethyl adjacent to an activating group) is 2. The van der Waals surface area contributed by atoms with Crippen LogP contribution in [0.4, 0.5) is 0 Å². The van der Waals surface area contributed by atoms with Gasteiger partial charge in [-0.05, 0) is 50.1 Å². The number of benzene rings is 1. The van der Waals surface area contributed by atoms with E-state index in [0.717, 1.165) is 12.8 Å². The van der Waals surface area contributed by atoms with Crippen molar-refractivity contribution in [3.05, 3.63) is 35.9 Å². The van der Waals surface area contributed by atoms with Crippen LogP contribution in [0, 0.1) is 23.7 Å². The minimum absolute atomic E-state index is 0.0148. The molecule has 1 saturated heterocycles.